The Bertz CT molecular complexity index is 1660. The number of aromatic nitrogens is 4. The molecule has 3 aromatic heterocycles. The molecule has 0 fully saturated rings. The number of hydrogen-bond donors (Lipinski definition) is 2. The fourth-order valence-corrected chi connectivity index (χ4v) is 5.25. The summed E-state index contributed by atoms with van der Waals surface area (Å²) in [4.78, 5) is 33.6. The fraction of sp³-hybridized carbons (Fsp3) is 0.424. The number of esters is 1. The van der Waals surface area contributed by atoms with E-state index in [1.165, 1.54) is 13.2 Å². The van der Waals surface area contributed by atoms with E-state index in [9.17, 15) is 14.7 Å². The zero-order valence-electron chi connectivity index (χ0n) is 26.6. The van der Waals surface area contributed by atoms with Gasteiger partial charge in [0.25, 0.3) is 0 Å². The van der Waals surface area contributed by atoms with Crippen LogP contribution >= 0.6 is 0 Å². The third-order valence-electron chi connectivity index (χ3n) is 7.62. The first-order chi connectivity index (χ1) is 21.6. The Morgan fingerprint density at radius 2 is 2.02 bits per heavy atom. The van der Waals surface area contributed by atoms with Gasteiger partial charge in [0, 0.05) is 48.5 Å². The number of amides is 1. The average molecular weight is 620 g/mol. The molecule has 0 aliphatic rings. The molecule has 0 radical (unpaired) electrons. The summed E-state index contributed by atoms with van der Waals surface area (Å²) in [7, 11) is 2.88. The van der Waals surface area contributed by atoms with E-state index >= 15 is 0 Å². The summed E-state index contributed by atoms with van der Waals surface area (Å²) >= 11 is 0. The van der Waals surface area contributed by atoms with Gasteiger partial charge in [0.1, 0.15) is 12.6 Å². The lowest BCUT2D eigenvalue weighted by Crippen LogP contribution is -2.43. The molecule has 12 heteroatoms. The van der Waals surface area contributed by atoms with Crippen molar-refractivity contribution in [3.63, 3.8) is 0 Å². The molecule has 0 bridgehead atoms. The third kappa shape index (κ3) is 7.40. The minimum Gasteiger partial charge on any atom is -0.467 e. The van der Waals surface area contributed by atoms with E-state index < -0.39 is 23.5 Å². The Morgan fingerprint density at radius 3 is 2.69 bits per heavy atom. The lowest BCUT2D eigenvalue weighted by molar-refractivity contribution is -0.143. The van der Waals surface area contributed by atoms with Crippen molar-refractivity contribution >= 4 is 23.0 Å². The number of rotatable bonds is 14. The van der Waals surface area contributed by atoms with Crippen LogP contribution in [0.3, 0.4) is 0 Å². The normalized spacial score (nSPS) is 13.0. The minimum absolute atomic E-state index is 0.00400. The molecule has 0 saturated heterocycles. The number of carbonyl (C=O) groups is 2. The van der Waals surface area contributed by atoms with E-state index in [4.69, 9.17) is 18.7 Å². The highest BCUT2D eigenvalue weighted by molar-refractivity contribution is 5.95. The molecule has 0 saturated carbocycles. The molecular formula is C33H41N5O7. The topological polar surface area (TPSA) is 151 Å². The van der Waals surface area contributed by atoms with Gasteiger partial charge in [0.15, 0.2) is 0 Å². The van der Waals surface area contributed by atoms with Crippen LogP contribution in [0.15, 0.2) is 53.7 Å². The summed E-state index contributed by atoms with van der Waals surface area (Å²) in [5.41, 5.74) is 5.16. The van der Waals surface area contributed by atoms with E-state index in [-0.39, 0.29) is 31.6 Å². The number of benzene rings is 1. The van der Waals surface area contributed by atoms with Crippen molar-refractivity contribution in [3.05, 3.63) is 66.3 Å². The van der Waals surface area contributed by atoms with Crippen LogP contribution in [0.25, 0.3) is 33.5 Å². The number of ether oxygens (including phenoxy) is 3. The van der Waals surface area contributed by atoms with Gasteiger partial charge in [-0.25, -0.2) is 9.59 Å². The van der Waals surface area contributed by atoms with Crippen LogP contribution in [-0.2, 0) is 38.4 Å². The van der Waals surface area contributed by atoms with Crippen LogP contribution in [0.5, 0.6) is 0 Å². The number of aliphatic hydroxyl groups is 1. The Balaban J connectivity index is 1.80. The summed E-state index contributed by atoms with van der Waals surface area (Å²) in [6, 6.07) is 8.83. The van der Waals surface area contributed by atoms with E-state index in [0.717, 1.165) is 33.4 Å². The lowest BCUT2D eigenvalue weighted by Gasteiger charge is -2.23. The van der Waals surface area contributed by atoms with Crippen LogP contribution in [0.1, 0.15) is 50.9 Å². The van der Waals surface area contributed by atoms with Gasteiger partial charge in [-0.1, -0.05) is 31.7 Å². The molecule has 0 spiro atoms. The van der Waals surface area contributed by atoms with Gasteiger partial charge in [-0.15, -0.1) is 0 Å². The molecule has 45 heavy (non-hydrogen) atoms. The molecule has 1 amide bonds. The maximum Gasteiger partial charge on any atom is 0.408 e. The van der Waals surface area contributed by atoms with Crippen molar-refractivity contribution in [1.82, 2.24) is 25.0 Å². The van der Waals surface area contributed by atoms with E-state index in [1.54, 1.807) is 13.3 Å². The van der Waals surface area contributed by atoms with E-state index in [1.807, 2.05) is 45.0 Å². The number of nitrogens with zero attached hydrogens (tertiary/aromatic N) is 4. The van der Waals surface area contributed by atoms with Crippen molar-refractivity contribution in [3.8, 4) is 22.6 Å². The van der Waals surface area contributed by atoms with Crippen molar-refractivity contribution in [2.45, 2.75) is 59.2 Å². The largest absolute Gasteiger partial charge is 0.467 e. The minimum atomic E-state index is -1.10. The molecule has 12 nitrogen and oxygen atoms in total. The molecule has 4 rings (SSSR count). The SMILES string of the molecule is C=CCOC(=O)N[C@@H](Cc1nc(-c2ccc3c(c2)c(CC(C)(C)CO)c(-c2cccnc2[C@H](C)OC)n3CC)no1)C(=O)OC. The monoisotopic (exact) mass is 619 g/mol. The molecular weight excluding hydrogens is 578 g/mol. The maximum atomic E-state index is 12.4. The summed E-state index contributed by atoms with van der Waals surface area (Å²) in [6.07, 6.45) is 2.63. The van der Waals surface area contributed by atoms with Crippen molar-refractivity contribution in [1.29, 1.82) is 0 Å². The van der Waals surface area contributed by atoms with Crippen molar-refractivity contribution in [2.24, 2.45) is 5.41 Å². The van der Waals surface area contributed by atoms with Gasteiger partial charge in [-0.3, -0.25) is 4.98 Å². The zero-order valence-corrected chi connectivity index (χ0v) is 26.6. The van der Waals surface area contributed by atoms with Gasteiger partial charge < -0.3 is 33.7 Å². The van der Waals surface area contributed by atoms with Gasteiger partial charge in [-0.05, 0) is 61.6 Å². The molecule has 0 unspecified atom stereocenters. The molecule has 0 aliphatic carbocycles. The number of pyridine rings is 1. The van der Waals surface area contributed by atoms with Gasteiger partial charge in [0.05, 0.1) is 31.0 Å². The highest BCUT2D eigenvalue weighted by atomic mass is 16.6. The predicted molar refractivity (Wildman–Crippen MR) is 168 cm³/mol. The van der Waals surface area contributed by atoms with Crippen molar-refractivity contribution < 1.29 is 33.4 Å². The van der Waals surface area contributed by atoms with Crippen LogP contribution in [0, 0.1) is 5.41 Å². The maximum absolute atomic E-state index is 12.4. The van der Waals surface area contributed by atoms with E-state index in [2.05, 4.69) is 44.6 Å². The summed E-state index contributed by atoms with van der Waals surface area (Å²) in [5, 5.41) is 17.9. The number of methoxy groups -OCH3 is 2. The Morgan fingerprint density at radius 1 is 1.24 bits per heavy atom. The smallest absolute Gasteiger partial charge is 0.408 e. The van der Waals surface area contributed by atoms with Gasteiger partial charge in [0.2, 0.25) is 11.7 Å². The summed E-state index contributed by atoms with van der Waals surface area (Å²) in [6.45, 7) is 12.3. The second-order valence-electron chi connectivity index (χ2n) is 11.4. The first kappa shape index (κ1) is 33.3. The number of fused-ring (bicyclic) bond motifs is 1. The lowest BCUT2D eigenvalue weighted by atomic mass is 9.84. The van der Waals surface area contributed by atoms with Crippen LogP contribution in [0.2, 0.25) is 0 Å². The van der Waals surface area contributed by atoms with Gasteiger partial charge in [-0.2, -0.15) is 4.98 Å². The second-order valence-corrected chi connectivity index (χ2v) is 11.4. The molecule has 0 aliphatic heterocycles. The van der Waals surface area contributed by atoms with Crippen LogP contribution in [0.4, 0.5) is 4.79 Å². The third-order valence-corrected chi connectivity index (χ3v) is 7.62. The molecule has 2 atom stereocenters. The standard InChI is InChI=1S/C33H41N5O7/c1-8-15-44-32(41)35-25(31(40)43-7)17-27-36-30(37-45-27)21-12-13-26-23(16-21)24(18-33(4,5)19-39)29(38(26)9-2)22-11-10-14-34-28(22)20(3)42-6/h8,10-14,16,20,25,39H,1,9,15,17-19H2,2-7H3,(H,35,41)/t20-,25-/m0/s1. The number of nitrogens with one attached hydrogen (secondary N) is 1. The van der Waals surface area contributed by atoms with Gasteiger partial charge >= 0.3 is 12.1 Å². The number of hydrogen-bond acceptors (Lipinski definition) is 10. The van der Waals surface area contributed by atoms with Crippen molar-refractivity contribution in [2.75, 3.05) is 27.4 Å². The number of aryl methyl sites for hydroxylation is 1. The molecule has 2 N–H and O–H groups in total. The molecule has 4 aromatic rings. The molecule has 3 heterocycles. The molecule has 1 aromatic carbocycles. The van der Waals surface area contributed by atoms with E-state index in [0.29, 0.717) is 24.4 Å². The van der Waals surface area contributed by atoms with Crippen LogP contribution in [-0.4, -0.2) is 70.3 Å². The quantitative estimate of drug-likeness (QED) is 0.145. The Labute approximate surface area is 262 Å². The fourth-order valence-electron chi connectivity index (χ4n) is 5.25. The zero-order chi connectivity index (χ0) is 32.7. The first-order valence-electron chi connectivity index (χ1n) is 14.8. The molecule has 240 valence electrons. The van der Waals surface area contributed by atoms with Crippen LogP contribution < -0.4 is 5.32 Å². The average Bonchev–Trinajstić information content (AvgIpc) is 3.64. The number of carbonyl (C=O) groups excluding carboxylic acids is 2. The highest BCUT2D eigenvalue weighted by Gasteiger charge is 2.29. The number of aliphatic hydroxyl groups excluding tert-OH is 1. The second kappa shape index (κ2) is 14.5. The number of alkyl carbamates (subject to hydrolysis) is 1. The summed E-state index contributed by atoms with van der Waals surface area (Å²) in [5.74, 6) is -0.238. The Kier molecular flexibility index (Phi) is 10.7. The summed E-state index contributed by atoms with van der Waals surface area (Å²) < 4.78 is 23.2. The predicted octanol–water partition coefficient (Wildman–Crippen LogP) is 5.04. The first-order valence-corrected chi connectivity index (χ1v) is 14.8. The highest BCUT2D eigenvalue weighted by Crippen LogP contribution is 2.41. The Hall–Kier alpha value is -4.55.